The van der Waals surface area contributed by atoms with Crippen LogP contribution in [0.5, 0.6) is 0 Å². The van der Waals surface area contributed by atoms with Gasteiger partial charge in [-0.25, -0.2) is 0 Å². The summed E-state index contributed by atoms with van der Waals surface area (Å²) in [6.07, 6.45) is 2.54. The third-order valence-corrected chi connectivity index (χ3v) is 3.10. The number of amides is 1. The third-order valence-electron chi connectivity index (χ3n) is 3.10. The first-order valence-electron chi connectivity index (χ1n) is 6.55. The van der Waals surface area contributed by atoms with Crippen LogP contribution in [0.25, 0.3) is 0 Å². The Bertz CT molecular complexity index is 561. The molecule has 0 spiro atoms. The van der Waals surface area contributed by atoms with Crippen molar-refractivity contribution in [3.63, 3.8) is 0 Å². The molecule has 0 unspecified atom stereocenters. The zero-order valence-electron chi connectivity index (χ0n) is 11.8. The van der Waals surface area contributed by atoms with E-state index in [2.05, 4.69) is 20.8 Å². The van der Waals surface area contributed by atoms with E-state index >= 15 is 0 Å². The number of hydrogen-bond acceptors (Lipinski definition) is 4. The summed E-state index contributed by atoms with van der Waals surface area (Å²) in [6, 6.07) is 7.58. The number of carbonyl (C=O) groups is 1. The van der Waals surface area contributed by atoms with Gasteiger partial charge in [-0.1, -0.05) is 12.1 Å². The van der Waals surface area contributed by atoms with Crippen LogP contribution in [0, 0.1) is 0 Å². The minimum atomic E-state index is -0.0632. The van der Waals surface area contributed by atoms with Gasteiger partial charge in [0.25, 0.3) is 5.91 Å². The highest BCUT2D eigenvalue weighted by Gasteiger charge is 2.02. The smallest absolute Gasteiger partial charge is 0.251 e. The molecule has 1 amide bonds. The minimum Gasteiger partial charge on any atom is -0.355 e. The minimum absolute atomic E-state index is 0.0632. The van der Waals surface area contributed by atoms with E-state index in [0.29, 0.717) is 5.56 Å². The fourth-order valence-corrected chi connectivity index (χ4v) is 1.88. The number of benzene rings is 1. The largest absolute Gasteiger partial charge is 0.355 e. The monoisotopic (exact) mass is 273 g/mol. The van der Waals surface area contributed by atoms with E-state index in [4.69, 9.17) is 0 Å². The average Bonchev–Trinajstić information content (AvgIpc) is 2.89. The van der Waals surface area contributed by atoms with Crippen LogP contribution in [0.2, 0.25) is 0 Å². The van der Waals surface area contributed by atoms with Gasteiger partial charge in [-0.3, -0.25) is 4.79 Å². The van der Waals surface area contributed by atoms with Crippen LogP contribution < -0.4 is 10.6 Å². The molecule has 6 nitrogen and oxygen atoms in total. The van der Waals surface area contributed by atoms with Crippen LogP contribution >= 0.6 is 0 Å². The van der Waals surface area contributed by atoms with Gasteiger partial charge in [-0.05, 0) is 17.7 Å². The summed E-state index contributed by atoms with van der Waals surface area (Å²) >= 11 is 0. The molecule has 0 aliphatic heterocycles. The summed E-state index contributed by atoms with van der Waals surface area (Å²) in [5.41, 5.74) is 1.82. The fourth-order valence-electron chi connectivity index (χ4n) is 1.88. The molecule has 0 aliphatic carbocycles. The van der Waals surface area contributed by atoms with Crippen molar-refractivity contribution in [2.45, 2.75) is 13.0 Å². The second-order valence-electron chi connectivity index (χ2n) is 4.56. The summed E-state index contributed by atoms with van der Waals surface area (Å²) in [5.74, 6) is 0.902. The molecule has 0 saturated carbocycles. The summed E-state index contributed by atoms with van der Waals surface area (Å²) in [5, 5.41) is 13.8. The molecule has 2 N–H and O–H groups in total. The van der Waals surface area contributed by atoms with Gasteiger partial charge in [0.15, 0.2) is 0 Å². The molecule has 20 heavy (non-hydrogen) atoms. The second kappa shape index (κ2) is 6.81. The molecule has 1 heterocycles. The standard InChI is InChI=1S/C14H19N5O/c1-15-14(20)12-5-3-11(4-6-12)9-16-8-7-13-18-17-10-19(13)2/h3-6,10,16H,7-9H2,1-2H3,(H,15,20). The van der Waals surface area contributed by atoms with E-state index in [9.17, 15) is 4.79 Å². The maximum atomic E-state index is 11.4. The molecule has 6 heteroatoms. The molecular formula is C14H19N5O. The van der Waals surface area contributed by atoms with Crippen LogP contribution in [0.1, 0.15) is 21.7 Å². The van der Waals surface area contributed by atoms with Crippen molar-refractivity contribution in [1.29, 1.82) is 0 Å². The number of nitrogens with one attached hydrogen (secondary N) is 2. The number of rotatable bonds is 6. The van der Waals surface area contributed by atoms with Crippen molar-refractivity contribution in [2.24, 2.45) is 7.05 Å². The maximum Gasteiger partial charge on any atom is 0.251 e. The first kappa shape index (κ1) is 14.2. The van der Waals surface area contributed by atoms with Gasteiger partial charge < -0.3 is 15.2 Å². The van der Waals surface area contributed by atoms with E-state index in [1.54, 1.807) is 13.4 Å². The molecule has 0 saturated heterocycles. The van der Waals surface area contributed by atoms with Crippen molar-refractivity contribution in [3.05, 3.63) is 47.5 Å². The summed E-state index contributed by atoms with van der Waals surface area (Å²) in [4.78, 5) is 11.4. The van der Waals surface area contributed by atoms with Crippen LogP contribution in [0.3, 0.4) is 0 Å². The van der Waals surface area contributed by atoms with E-state index in [-0.39, 0.29) is 5.91 Å². The lowest BCUT2D eigenvalue weighted by Gasteiger charge is -2.06. The third kappa shape index (κ3) is 3.64. The van der Waals surface area contributed by atoms with Gasteiger partial charge in [-0.2, -0.15) is 0 Å². The zero-order valence-corrected chi connectivity index (χ0v) is 11.8. The van der Waals surface area contributed by atoms with Gasteiger partial charge in [0, 0.05) is 39.2 Å². The topological polar surface area (TPSA) is 71.8 Å². The molecular weight excluding hydrogens is 254 g/mol. The normalized spacial score (nSPS) is 10.5. The van der Waals surface area contributed by atoms with Crippen molar-refractivity contribution in [2.75, 3.05) is 13.6 Å². The first-order valence-corrected chi connectivity index (χ1v) is 6.55. The lowest BCUT2D eigenvalue weighted by molar-refractivity contribution is 0.0963. The Labute approximate surface area is 118 Å². The quantitative estimate of drug-likeness (QED) is 0.752. The second-order valence-corrected chi connectivity index (χ2v) is 4.56. The van der Waals surface area contributed by atoms with E-state index in [1.165, 1.54) is 0 Å². The Balaban J connectivity index is 1.77. The van der Waals surface area contributed by atoms with Gasteiger partial charge in [0.2, 0.25) is 0 Å². The summed E-state index contributed by atoms with van der Waals surface area (Å²) in [7, 11) is 3.57. The van der Waals surface area contributed by atoms with E-state index in [0.717, 1.165) is 30.9 Å². The number of nitrogens with zero attached hydrogens (tertiary/aromatic N) is 3. The summed E-state index contributed by atoms with van der Waals surface area (Å²) in [6.45, 7) is 1.61. The van der Waals surface area contributed by atoms with Crippen molar-refractivity contribution < 1.29 is 4.79 Å². The highest BCUT2D eigenvalue weighted by atomic mass is 16.1. The number of hydrogen-bond donors (Lipinski definition) is 2. The Morgan fingerprint density at radius 2 is 2.05 bits per heavy atom. The predicted molar refractivity (Wildman–Crippen MR) is 76.2 cm³/mol. The maximum absolute atomic E-state index is 11.4. The Morgan fingerprint density at radius 1 is 1.30 bits per heavy atom. The molecule has 1 aromatic heterocycles. The average molecular weight is 273 g/mol. The lowest BCUT2D eigenvalue weighted by atomic mass is 10.1. The van der Waals surface area contributed by atoms with Gasteiger partial charge in [-0.15, -0.1) is 10.2 Å². The van der Waals surface area contributed by atoms with Crippen molar-refractivity contribution in [1.82, 2.24) is 25.4 Å². The van der Waals surface area contributed by atoms with Crippen LogP contribution in [0.15, 0.2) is 30.6 Å². The van der Waals surface area contributed by atoms with E-state index < -0.39 is 0 Å². The molecule has 1 aromatic carbocycles. The van der Waals surface area contributed by atoms with E-state index in [1.807, 2.05) is 35.9 Å². The van der Waals surface area contributed by atoms with Gasteiger partial charge in [0.1, 0.15) is 12.2 Å². The molecule has 2 rings (SSSR count). The number of aromatic nitrogens is 3. The Hall–Kier alpha value is -2.21. The van der Waals surface area contributed by atoms with Gasteiger partial charge >= 0.3 is 0 Å². The van der Waals surface area contributed by atoms with Crippen LogP contribution in [0.4, 0.5) is 0 Å². The molecule has 0 fully saturated rings. The highest BCUT2D eigenvalue weighted by molar-refractivity contribution is 5.93. The molecule has 2 aromatic rings. The first-order chi connectivity index (χ1) is 9.70. The highest BCUT2D eigenvalue weighted by Crippen LogP contribution is 2.04. The zero-order chi connectivity index (χ0) is 14.4. The lowest BCUT2D eigenvalue weighted by Crippen LogP contribution is -2.19. The van der Waals surface area contributed by atoms with Gasteiger partial charge in [0.05, 0.1) is 0 Å². The SMILES string of the molecule is CNC(=O)c1ccc(CNCCc2nncn2C)cc1. The Morgan fingerprint density at radius 3 is 2.65 bits per heavy atom. The molecule has 0 radical (unpaired) electrons. The summed E-state index contributed by atoms with van der Waals surface area (Å²) < 4.78 is 1.92. The van der Waals surface area contributed by atoms with Crippen molar-refractivity contribution >= 4 is 5.91 Å². The predicted octanol–water partition coefficient (Wildman–Crippen LogP) is 0.507. The van der Waals surface area contributed by atoms with Crippen LogP contribution in [-0.4, -0.2) is 34.3 Å². The van der Waals surface area contributed by atoms with Crippen LogP contribution in [-0.2, 0) is 20.0 Å². The molecule has 0 aliphatic rings. The molecule has 106 valence electrons. The van der Waals surface area contributed by atoms with Crippen molar-refractivity contribution in [3.8, 4) is 0 Å². The molecule has 0 bridgehead atoms. The number of carbonyl (C=O) groups excluding carboxylic acids is 1. The molecule has 0 atom stereocenters. The Kier molecular flexibility index (Phi) is 4.84. The fraction of sp³-hybridized carbons (Fsp3) is 0.357. The number of aryl methyl sites for hydroxylation is 1.